The summed E-state index contributed by atoms with van der Waals surface area (Å²) in [6.07, 6.45) is 2.17. The lowest BCUT2D eigenvalue weighted by Crippen LogP contribution is -2.11. The number of pyridine rings is 1. The Labute approximate surface area is 353 Å². The van der Waals surface area contributed by atoms with Crippen LogP contribution in [0, 0.1) is 0 Å². The van der Waals surface area contributed by atoms with E-state index in [4.69, 9.17) is 4.98 Å². The standard InChI is InChI=1S/C57H44N4/c1-56(2,3)35-25-26-45-41(29-35)42-30-36(57(4,5)6)31-44-50-51-47(32-58-55(50)61(45)52(42)44)60-53-43(27-33-17-13-16-24-40(33)49(51)53)48-39-23-15-14-18-34(39)28-46(54(48)60)59(37-19-9-7-10-20-37)38-21-11-8-12-22-38/h7-32H,1-6H3. The number of anilines is 3. The van der Waals surface area contributed by atoms with Crippen LogP contribution in [0.15, 0.2) is 158 Å². The zero-order valence-corrected chi connectivity index (χ0v) is 35.3. The summed E-state index contributed by atoms with van der Waals surface area (Å²) in [5.41, 5.74) is 13.1. The highest BCUT2D eigenvalue weighted by atomic mass is 15.2. The maximum Gasteiger partial charge on any atom is 0.146 e. The van der Waals surface area contributed by atoms with E-state index in [0.717, 1.165) is 28.2 Å². The van der Waals surface area contributed by atoms with E-state index in [9.17, 15) is 0 Å². The van der Waals surface area contributed by atoms with E-state index in [1.165, 1.54) is 97.8 Å². The van der Waals surface area contributed by atoms with Crippen molar-refractivity contribution in [3.05, 3.63) is 169 Å². The molecule has 4 heteroatoms. The second kappa shape index (κ2) is 11.8. The highest BCUT2D eigenvalue weighted by Crippen LogP contribution is 2.53. The molecule has 0 fully saturated rings. The van der Waals surface area contributed by atoms with Gasteiger partial charge in [0, 0.05) is 54.5 Å². The van der Waals surface area contributed by atoms with Crippen molar-refractivity contribution in [1.29, 1.82) is 0 Å². The Morgan fingerprint density at radius 3 is 1.66 bits per heavy atom. The average Bonchev–Trinajstić information content (AvgIpc) is 3.99. The van der Waals surface area contributed by atoms with E-state index < -0.39 is 0 Å². The lowest BCUT2D eigenvalue weighted by atomic mass is 9.84. The van der Waals surface area contributed by atoms with Gasteiger partial charge in [0.25, 0.3) is 0 Å². The van der Waals surface area contributed by atoms with Gasteiger partial charge in [-0.3, -0.25) is 4.40 Å². The van der Waals surface area contributed by atoms with E-state index in [-0.39, 0.29) is 10.8 Å². The average molecular weight is 785 g/mol. The largest absolute Gasteiger partial charge is 0.308 e. The summed E-state index contributed by atoms with van der Waals surface area (Å²) in [6, 6.07) is 56.5. The van der Waals surface area contributed by atoms with E-state index in [2.05, 4.69) is 213 Å². The molecule has 8 aromatic carbocycles. The molecule has 0 aliphatic heterocycles. The first-order valence-electron chi connectivity index (χ1n) is 21.6. The fourth-order valence-electron chi connectivity index (χ4n) is 10.7. The van der Waals surface area contributed by atoms with Gasteiger partial charge in [-0.15, -0.1) is 0 Å². The Balaban J connectivity index is 1.30. The number of aromatic nitrogens is 3. The summed E-state index contributed by atoms with van der Waals surface area (Å²) in [5.74, 6) is 0. The van der Waals surface area contributed by atoms with Gasteiger partial charge in [-0.05, 0) is 104 Å². The Morgan fingerprint density at radius 2 is 0.984 bits per heavy atom. The lowest BCUT2D eigenvalue weighted by Gasteiger charge is -2.27. The summed E-state index contributed by atoms with van der Waals surface area (Å²) in [4.78, 5) is 8.01. The summed E-state index contributed by atoms with van der Waals surface area (Å²) in [6.45, 7) is 13.9. The summed E-state index contributed by atoms with van der Waals surface area (Å²) in [5, 5.41) is 15.2. The van der Waals surface area contributed by atoms with E-state index in [1.54, 1.807) is 0 Å². The number of hydrogen-bond acceptors (Lipinski definition) is 2. The van der Waals surface area contributed by atoms with Gasteiger partial charge in [0.15, 0.2) is 0 Å². The molecule has 0 saturated carbocycles. The third-order valence-corrected chi connectivity index (χ3v) is 13.6. The van der Waals surface area contributed by atoms with Gasteiger partial charge in [-0.1, -0.05) is 133 Å². The van der Waals surface area contributed by atoms with Gasteiger partial charge in [0.05, 0.1) is 39.5 Å². The van der Waals surface area contributed by atoms with Crippen LogP contribution in [0.3, 0.4) is 0 Å². The minimum atomic E-state index is -0.0582. The topological polar surface area (TPSA) is 24.9 Å². The highest BCUT2D eigenvalue weighted by molar-refractivity contribution is 6.41. The zero-order valence-electron chi connectivity index (χ0n) is 35.3. The van der Waals surface area contributed by atoms with Crippen molar-refractivity contribution in [1.82, 2.24) is 13.8 Å². The van der Waals surface area contributed by atoms with Crippen LogP contribution < -0.4 is 4.90 Å². The molecule has 0 unspecified atom stereocenters. The van der Waals surface area contributed by atoms with E-state index in [1.807, 2.05) is 0 Å². The maximum atomic E-state index is 5.57. The van der Waals surface area contributed by atoms with Crippen molar-refractivity contribution in [2.75, 3.05) is 4.90 Å². The quantitative estimate of drug-likeness (QED) is 0.178. The second-order valence-electron chi connectivity index (χ2n) is 19.3. The van der Waals surface area contributed by atoms with Crippen LogP contribution in [0.4, 0.5) is 17.1 Å². The fraction of sp³-hybridized carbons (Fsp3) is 0.140. The normalized spacial score (nSPS) is 13.1. The molecule has 0 aliphatic rings. The van der Waals surface area contributed by atoms with Crippen LogP contribution in [-0.2, 0) is 10.8 Å². The van der Waals surface area contributed by atoms with Gasteiger partial charge >= 0.3 is 0 Å². The second-order valence-corrected chi connectivity index (χ2v) is 19.3. The Hall–Kier alpha value is -7.17. The van der Waals surface area contributed by atoms with Crippen molar-refractivity contribution >= 4 is 115 Å². The minimum Gasteiger partial charge on any atom is -0.308 e. The van der Waals surface area contributed by atoms with Crippen LogP contribution in [0.25, 0.3) is 97.9 Å². The number of fused-ring (bicyclic) bond motifs is 17. The Bertz CT molecular complexity index is 3890. The van der Waals surface area contributed by atoms with Crippen molar-refractivity contribution in [3.63, 3.8) is 0 Å². The molecule has 0 spiro atoms. The van der Waals surface area contributed by atoms with Crippen LogP contribution in [0.5, 0.6) is 0 Å². The highest BCUT2D eigenvalue weighted by Gasteiger charge is 2.31. The predicted octanol–water partition coefficient (Wildman–Crippen LogP) is 15.8. The molecule has 0 amide bonds. The smallest absolute Gasteiger partial charge is 0.146 e. The summed E-state index contributed by atoms with van der Waals surface area (Å²) >= 11 is 0. The third kappa shape index (κ3) is 4.57. The van der Waals surface area contributed by atoms with Gasteiger partial charge in [-0.2, -0.15) is 0 Å². The van der Waals surface area contributed by atoms with Crippen LogP contribution in [-0.4, -0.2) is 13.8 Å². The first-order valence-corrected chi connectivity index (χ1v) is 21.6. The minimum absolute atomic E-state index is 0.0327. The molecule has 5 heterocycles. The van der Waals surface area contributed by atoms with Crippen molar-refractivity contribution in [2.24, 2.45) is 0 Å². The number of hydrogen-bond donors (Lipinski definition) is 0. The number of rotatable bonds is 3. The van der Waals surface area contributed by atoms with Crippen LogP contribution >= 0.6 is 0 Å². The predicted molar refractivity (Wildman–Crippen MR) is 261 cm³/mol. The van der Waals surface area contributed by atoms with Gasteiger partial charge in [-0.25, -0.2) is 4.98 Å². The molecule has 0 N–H and O–H groups in total. The molecule has 13 rings (SSSR count). The molecule has 292 valence electrons. The number of nitrogens with zero attached hydrogens (tertiary/aromatic N) is 4. The van der Waals surface area contributed by atoms with Gasteiger partial charge < -0.3 is 9.30 Å². The van der Waals surface area contributed by atoms with E-state index >= 15 is 0 Å². The molecule has 61 heavy (non-hydrogen) atoms. The van der Waals surface area contributed by atoms with E-state index in [0.29, 0.717) is 0 Å². The van der Waals surface area contributed by atoms with Crippen LogP contribution in [0.2, 0.25) is 0 Å². The molecule has 0 bridgehead atoms. The number of benzene rings is 8. The van der Waals surface area contributed by atoms with Crippen molar-refractivity contribution in [2.45, 2.75) is 52.4 Å². The van der Waals surface area contributed by atoms with Gasteiger partial charge in [0.2, 0.25) is 0 Å². The SMILES string of the molecule is CC(C)(C)c1ccc2c(c1)c1cc(C(C)(C)C)cc3c4c5c6c7ccccc7cc7c8c9ccccc9cc(N(c9ccccc9)c9ccccc9)c8n(c5cnc4n2c13)c76. The van der Waals surface area contributed by atoms with Gasteiger partial charge in [0.1, 0.15) is 5.65 Å². The molecule has 0 aliphatic carbocycles. The Morgan fingerprint density at radius 1 is 0.410 bits per heavy atom. The molecular formula is C57H44N4. The summed E-state index contributed by atoms with van der Waals surface area (Å²) in [7, 11) is 0. The monoisotopic (exact) mass is 784 g/mol. The zero-order chi connectivity index (χ0) is 41.1. The lowest BCUT2D eigenvalue weighted by molar-refractivity contribution is 0.590. The fourth-order valence-corrected chi connectivity index (χ4v) is 10.7. The molecule has 0 radical (unpaired) electrons. The third-order valence-electron chi connectivity index (χ3n) is 13.6. The van der Waals surface area contributed by atoms with Crippen molar-refractivity contribution in [3.8, 4) is 0 Å². The Kier molecular flexibility index (Phi) is 6.69. The molecule has 0 saturated heterocycles. The first-order chi connectivity index (χ1) is 29.6. The van der Waals surface area contributed by atoms with Crippen molar-refractivity contribution < 1.29 is 0 Å². The first kappa shape index (κ1) is 34.7. The number of para-hydroxylation sites is 2. The molecule has 0 atom stereocenters. The maximum absolute atomic E-state index is 5.57. The molecular weight excluding hydrogens is 741 g/mol. The molecule has 4 nitrogen and oxygen atoms in total. The molecule has 5 aromatic heterocycles. The molecule has 13 aromatic rings. The van der Waals surface area contributed by atoms with Crippen LogP contribution in [0.1, 0.15) is 52.7 Å². The summed E-state index contributed by atoms with van der Waals surface area (Å²) < 4.78 is 5.04.